The maximum absolute atomic E-state index is 12.7. The Bertz CT molecular complexity index is 367. The number of Topliss-reactive ketones (excluding diaryl/α,β-unsaturated/α-hetero) is 1. The van der Waals surface area contributed by atoms with E-state index in [1.165, 1.54) is 24.3 Å². The highest BCUT2D eigenvalue weighted by Gasteiger charge is 2.12. The predicted octanol–water partition coefficient (Wildman–Crippen LogP) is 0.949. The van der Waals surface area contributed by atoms with Crippen molar-refractivity contribution in [1.82, 2.24) is 4.90 Å². The van der Waals surface area contributed by atoms with Crippen molar-refractivity contribution in [2.24, 2.45) is 0 Å². The average molecular weight is 255 g/mol. The van der Waals surface area contributed by atoms with Gasteiger partial charge in [0.15, 0.2) is 5.78 Å². The lowest BCUT2D eigenvalue weighted by atomic mass is 10.1. The first kappa shape index (κ1) is 14.8. The lowest BCUT2D eigenvalue weighted by molar-refractivity contribution is 0.0868. The second-order valence-corrected chi connectivity index (χ2v) is 3.92. The van der Waals surface area contributed by atoms with Crippen LogP contribution in [-0.4, -0.2) is 55.7 Å². The summed E-state index contributed by atoms with van der Waals surface area (Å²) in [5, 5.41) is 8.91. The Labute approximate surface area is 106 Å². The summed E-state index contributed by atoms with van der Waals surface area (Å²) < 4.78 is 17.7. The van der Waals surface area contributed by atoms with E-state index in [2.05, 4.69) is 0 Å². The van der Waals surface area contributed by atoms with Gasteiger partial charge in [-0.3, -0.25) is 9.69 Å². The fourth-order valence-electron chi connectivity index (χ4n) is 1.56. The Balaban J connectivity index is 2.56. The Morgan fingerprint density at radius 2 is 2.00 bits per heavy atom. The number of benzene rings is 1. The number of carbonyl (C=O) groups is 1. The maximum Gasteiger partial charge on any atom is 0.176 e. The van der Waals surface area contributed by atoms with Crippen LogP contribution < -0.4 is 0 Å². The van der Waals surface area contributed by atoms with Gasteiger partial charge in [0, 0.05) is 25.8 Å². The average Bonchev–Trinajstić information content (AvgIpc) is 2.37. The normalized spacial score (nSPS) is 10.9. The Morgan fingerprint density at radius 1 is 1.33 bits per heavy atom. The first-order valence-corrected chi connectivity index (χ1v) is 5.78. The van der Waals surface area contributed by atoms with Gasteiger partial charge in [-0.05, 0) is 24.3 Å². The van der Waals surface area contributed by atoms with Crippen molar-refractivity contribution in [3.05, 3.63) is 35.6 Å². The fraction of sp³-hybridized carbons (Fsp3) is 0.462. The number of hydrogen-bond acceptors (Lipinski definition) is 4. The molecule has 18 heavy (non-hydrogen) atoms. The zero-order valence-corrected chi connectivity index (χ0v) is 10.4. The van der Waals surface area contributed by atoms with Crippen LogP contribution in [-0.2, 0) is 4.74 Å². The van der Waals surface area contributed by atoms with E-state index < -0.39 is 0 Å². The lowest BCUT2D eigenvalue weighted by Gasteiger charge is -2.19. The largest absolute Gasteiger partial charge is 0.395 e. The predicted molar refractivity (Wildman–Crippen MR) is 66.1 cm³/mol. The molecule has 1 aromatic rings. The molecule has 0 bridgehead atoms. The highest BCUT2D eigenvalue weighted by Crippen LogP contribution is 2.05. The molecule has 0 aliphatic heterocycles. The first-order valence-electron chi connectivity index (χ1n) is 5.78. The number of ketones is 1. The third kappa shape index (κ3) is 4.91. The zero-order valence-electron chi connectivity index (χ0n) is 10.4. The highest BCUT2D eigenvalue weighted by molar-refractivity contribution is 5.97. The number of aliphatic hydroxyl groups is 1. The molecule has 0 aliphatic carbocycles. The van der Waals surface area contributed by atoms with Gasteiger partial charge in [0.05, 0.1) is 19.8 Å². The first-order chi connectivity index (χ1) is 8.67. The number of rotatable bonds is 8. The molecule has 1 N–H and O–H groups in total. The third-order valence-electron chi connectivity index (χ3n) is 2.56. The summed E-state index contributed by atoms with van der Waals surface area (Å²) in [6, 6.07) is 5.45. The molecule has 0 spiro atoms. The van der Waals surface area contributed by atoms with Crippen LogP contribution in [0, 0.1) is 5.82 Å². The van der Waals surface area contributed by atoms with Gasteiger partial charge in [0.2, 0.25) is 0 Å². The van der Waals surface area contributed by atoms with Gasteiger partial charge in [0.25, 0.3) is 0 Å². The fourth-order valence-corrected chi connectivity index (χ4v) is 1.56. The van der Waals surface area contributed by atoms with Crippen LogP contribution in [0.1, 0.15) is 10.4 Å². The van der Waals surface area contributed by atoms with Crippen LogP contribution in [0.4, 0.5) is 4.39 Å². The van der Waals surface area contributed by atoms with Gasteiger partial charge in [-0.1, -0.05) is 0 Å². The van der Waals surface area contributed by atoms with Gasteiger partial charge < -0.3 is 9.84 Å². The summed E-state index contributed by atoms with van der Waals surface area (Å²) in [4.78, 5) is 13.7. The number of halogens is 1. The van der Waals surface area contributed by atoms with Crippen LogP contribution in [0.3, 0.4) is 0 Å². The number of carbonyl (C=O) groups excluding carboxylic acids is 1. The zero-order chi connectivity index (χ0) is 13.4. The maximum atomic E-state index is 12.7. The van der Waals surface area contributed by atoms with Gasteiger partial charge in [-0.15, -0.1) is 0 Å². The monoisotopic (exact) mass is 255 g/mol. The SMILES string of the molecule is COCCN(CCO)CC(=O)c1ccc(F)cc1. The molecule has 0 aliphatic rings. The number of aliphatic hydroxyl groups excluding tert-OH is 1. The Morgan fingerprint density at radius 3 is 2.56 bits per heavy atom. The molecule has 1 rings (SSSR count). The number of nitrogens with zero attached hydrogens (tertiary/aromatic N) is 1. The molecular weight excluding hydrogens is 237 g/mol. The summed E-state index contributed by atoms with van der Waals surface area (Å²) in [6.45, 7) is 1.66. The van der Waals surface area contributed by atoms with E-state index in [0.29, 0.717) is 25.3 Å². The van der Waals surface area contributed by atoms with Crippen molar-refractivity contribution in [3.8, 4) is 0 Å². The third-order valence-corrected chi connectivity index (χ3v) is 2.56. The summed E-state index contributed by atoms with van der Waals surface area (Å²) >= 11 is 0. The van der Waals surface area contributed by atoms with Gasteiger partial charge in [-0.25, -0.2) is 4.39 Å². The van der Waals surface area contributed by atoms with Crippen molar-refractivity contribution in [3.63, 3.8) is 0 Å². The highest BCUT2D eigenvalue weighted by atomic mass is 19.1. The van der Waals surface area contributed by atoms with Gasteiger partial charge >= 0.3 is 0 Å². The van der Waals surface area contributed by atoms with Crippen molar-refractivity contribution >= 4 is 5.78 Å². The molecule has 1 aromatic carbocycles. The second kappa shape index (κ2) is 7.92. The molecule has 0 heterocycles. The van der Waals surface area contributed by atoms with E-state index in [9.17, 15) is 9.18 Å². The van der Waals surface area contributed by atoms with Crippen LogP contribution in [0.15, 0.2) is 24.3 Å². The molecular formula is C13H18FNO3. The Hall–Kier alpha value is -1.30. The minimum atomic E-state index is -0.363. The van der Waals surface area contributed by atoms with Crippen LogP contribution in [0.2, 0.25) is 0 Å². The number of methoxy groups -OCH3 is 1. The smallest absolute Gasteiger partial charge is 0.176 e. The second-order valence-electron chi connectivity index (χ2n) is 3.92. The quantitative estimate of drug-likeness (QED) is 0.703. The summed E-state index contributed by atoms with van der Waals surface area (Å²) in [6.07, 6.45) is 0. The van der Waals surface area contributed by atoms with E-state index in [1.807, 2.05) is 0 Å². The number of hydrogen-bond donors (Lipinski definition) is 1. The topological polar surface area (TPSA) is 49.8 Å². The molecule has 0 aromatic heterocycles. The van der Waals surface area contributed by atoms with Gasteiger partial charge in [0.1, 0.15) is 5.82 Å². The molecule has 0 amide bonds. The van der Waals surface area contributed by atoms with Gasteiger partial charge in [-0.2, -0.15) is 0 Å². The van der Waals surface area contributed by atoms with E-state index in [4.69, 9.17) is 9.84 Å². The molecule has 4 nitrogen and oxygen atoms in total. The standard InChI is InChI=1S/C13H18FNO3/c1-18-9-7-15(6-8-16)10-13(17)11-2-4-12(14)5-3-11/h2-5,16H,6-10H2,1H3. The molecule has 0 radical (unpaired) electrons. The van der Waals surface area contributed by atoms with Crippen LogP contribution >= 0.6 is 0 Å². The summed E-state index contributed by atoms with van der Waals surface area (Å²) in [5.74, 6) is -0.460. The lowest BCUT2D eigenvalue weighted by Crippen LogP contribution is -2.35. The van der Waals surface area contributed by atoms with Crippen molar-refractivity contribution in [1.29, 1.82) is 0 Å². The van der Waals surface area contributed by atoms with E-state index >= 15 is 0 Å². The molecule has 0 fully saturated rings. The molecule has 0 saturated carbocycles. The van der Waals surface area contributed by atoms with Crippen molar-refractivity contribution < 1.29 is 19.0 Å². The van der Waals surface area contributed by atoms with Crippen LogP contribution in [0.25, 0.3) is 0 Å². The van der Waals surface area contributed by atoms with Crippen molar-refractivity contribution in [2.45, 2.75) is 0 Å². The minimum absolute atomic E-state index is 0.0135. The summed E-state index contributed by atoms with van der Waals surface area (Å²) in [5.41, 5.74) is 0.469. The molecule has 100 valence electrons. The Kier molecular flexibility index (Phi) is 6.49. The number of ether oxygens (including phenoxy) is 1. The molecule has 0 saturated heterocycles. The molecule has 5 heteroatoms. The van der Waals surface area contributed by atoms with E-state index in [0.717, 1.165) is 0 Å². The van der Waals surface area contributed by atoms with Crippen molar-refractivity contribution in [2.75, 3.05) is 40.0 Å². The molecule has 0 unspecified atom stereocenters. The summed E-state index contributed by atoms with van der Waals surface area (Å²) in [7, 11) is 1.58. The molecule has 0 atom stereocenters. The van der Waals surface area contributed by atoms with Crippen LogP contribution in [0.5, 0.6) is 0 Å². The minimum Gasteiger partial charge on any atom is -0.395 e. The van der Waals surface area contributed by atoms with E-state index in [1.54, 1.807) is 12.0 Å². The van der Waals surface area contributed by atoms with E-state index in [-0.39, 0.29) is 24.8 Å².